The summed E-state index contributed by atoms with van der Waals surface area (Å²) in [7, 11) is 0. The predicted molar refractivity (Wildman–Crippen MR) is 114 cm³/mol. The molecule has 0 aliphatic carbocycles. The Balaban J connectivity index is 1.43. The molecule has 152 valence electrons. The van der Waals surface area contributed by atoms with Gasteiger partial charge in [0.25, 0.3) is 0 Å². The van der Waals surface area contributed by atoms with Gasteiger partial charge in [0.05, 0.1) is 35.7 Å². The zero-order valence-electron chi connectivity index (χ0n) is 16.3. The van der Waals surface area contributed by atoms with Crippen LogP contribution in [0.15, 0.2) is 48.7 Å². The Kier molecular flexibility index (Phi) is 6.39. The topological polar surface area (TPSA) is 45.0 Å². The average Bonchev–Trinajstić information content (AvgIpc) is 3.31. The van der Waals surface area contributed by atoms with Gasteiger partial charge in [-0.05, 0) is 30.2 Å². The van der Waals surface area contributed by atoms with Crippen LogP contribution in [0.4, 0.5) is 4.39 Å². The van der Waals surface area contributed by atoms with Gasteiger partial charge >= 0.3 is 0 Å². The number of thiazole rings is 1. The summed E-state index contributed by atoms with van der Waals surface area (Å²) in [5.74, 6) is 0.793. The van der Waals surface area contributed by atoms with Gasteiger partial charge in [0.2, 0.25) is 0 Å². The highest BCUT2D eigenvalue weighted by Gasteiger charge is 2.11. The quantitative estimate of drug-likeness (QED) is 0.338. The number of imidazole rings is 1. The van der Waals surface area contributed by atoms with Gasteiger partial charge in [0, 0.05) is 11.8 Å². The second-order valence-corrected chi connectivity index (χ2v) is 7.55. The second-order valence-electron chi connectivity index (χ2n) is 6.54. The molecule has 0 aliphatic rings. The fourth-order valence-corrected chi connectivity index (χ4v) is 4.15. The van der Waals surface area contributed by atoms with E-state index in [1.165, 1.54) is 5.56 Å². The normalized spacial score (nSPS) is 11.5. The summed E-state index contributed by atoms with van der Waals surface area (Å²) in [6.45, 7) is 2.85. The van der Waals surface area contributed by atoms with Gasteiger partial charge in [0.1, 0.15) is 12.4 Å². The zero-order chi connectivity index (χ0) is 20.1. The van der Waals surface area contributed by atoms with Gasteiger partial charge in [-0.2, -0.15) is 0 Å². The van der Waals surface area contributed by atoms with Crippen molar-refractivity contribution in [1.29, 1.82) is 0 Å². The molecule has 4 aromatic rings. The van der Waals surface area contributed by atoms with Gasteiger partial charge in [-0.15, -0.1) is 0 Å². The number of benzene rings is 2. The molecule has 0 radical (unpaired) electrons. The zero-order valence-corrected chi connectivity index (χ0v) is 17.1. The van der Waals surface area contributed by atoms with E-state index in [9.17, 15) is 4.39 Å². The van der Waals surface area contributed by atoms with Crippen molar-refractivity contribution >= 4 is 26.5 Å². The second kappa shape index (κ2) is 9.35. The lowest BCUT2D eigenvalue weighted by atomic mass is 10.1. The molecule has 0 atom stereocenters. The molecule has 0 N–H and O–H groups in total. The number of aromatic nitrogens is 2. The van der Waals surface area contributed by atoms with Crippen molar-refractivity contribution in [3.05, 3.63) is 54.2 Å². The molecule has 0 spiro atoms. The van der Waals surface area contributed by atoms with Crippen LogP contribution in [0.1, 0.15) is 12.5 Å². The molecule has 0 amide bonds. The van der Waals surface area contributed by atoms with Crippen LogP contribution >= 0.6 is 11.3 Å². The summed E-state index contributed by atoms with van der Waals surface area (Å²) in [5, 5.41) is 0. The summed E-state index contributed by atoms with van der Waals surface area (Å²) in [5.41, 5.74) is 4.55. The summed E-state index contributed by atoms with van der Waals surface area (Å²) < 4.78 is 30.7. The maximum atomic E-state index is 11.8. The molecule has 0 unspecified atom stereocenters. The van der Waals surface area contributed by atoms with Gasteiger partial charge in [-0.3, -0.25) is 4.40 Å². The summed E-state index contributed by atoms with van der Waals surface area (Å²) in [4.78, 5) is 5.76. The van der Waals surface area contributed by atoms with E-state index in [1.807, 2.05) is 12.1 Å². The van der Waals surface area contributed by atoms with E-state index < -0.39 is 6.86 Å². The third-order valence-corrected chi connectivity index (χ3v) is 5.69. The summed E-state index contributed by atoms with van der Waals surface area (Å²) in [6.07, 6.45) is 3.12. The molecule has 5 nitrogen and oxygen atoms in total. The third-order valence-electron chi connectivity index (χ3n) is 4.67. The van der Waals surface area contributed by atoms with Crippen molar-refractivity contribution in [2.45, 2.75) is 13.3 Å². The Bertz CT molecular complexity index is 1070. The lowest BCUT2D eigenvalue weighted by molar-refractivity contribution is 0.00423. The molecule has 2 heterocycles. The first kappa shape index (κ1) is 19.8. The first-order valence-corrected chi connectivity index (χ1v) is 10.5. The first-order valence-electron chi connectivity index (χ1n) is 9.63. The van der Waals surface area contributed by atoms with Crippen molar-refractivity contribution in [2.75, 3.05) is 33.3 Å². The van der Waals surface area contributed by atoms with Crippen LogP contribution in [0.25, 0.3) is 26.4 Å². The molecule has 0 aliphatic heterocycles. The van der Waals surface area contributed by atoms with Crippen LogP contribution in [0.5, 0.6) is 5.75 Å². The van der Waals surface area contributed by atoms with Crippen LogP contribution < -0.4 is 4.74 Å². The Hall–Kier alpha value is -2.48. The van der Waals surface area contributed by atoms with E-state index in [0.29, 0.717) is 19.8 Å². The molecule has 0 fully saturated rings. The molecule has 7 heteroatoms. The molecule has 4 rings (SSSR count). The number of rotatable bonds is 10. The molecule has 0 bridgehead atoms. The van der Waals surface area contributed by atoms with Crippen LogP contribution in [0.3, 0.4) is 0 Å². The highest BCUT2D eigenvalue weighted by molar-refractivity contribution is 7.23. The van der Waals surface area contributed by atoms with Crippen LogP contribution in [0, 0.1) is 0 Å². The number of fused-ring (bicyclic) bond motifs is 3. The Labute approximate surface area is 172 Å². The molecular weight excluding hydrogens is 391 g/mol. The van der Waals surface area contributed by atoms with Crippen molar-refractivity contribution in [2.24, 2.45) is 0 Å². The molecular formula is C22H23FN2O3S. The minimum absolute atomic E-state index is 0.252. The standard InChI is InChI=1S/C22H23FN2O3S/c1-2-16-3-5-17(6-4-16)19-14-25-20-8-7-18(13-21(20)29-22(25)24-19)28-12-11-26-9-10-27-15-23/h3-8,13-14H,2,9-12,15H2,1H3. The third kappa shape index (κ3) is 4.58. The van der Waals surface area contributed by atoms with Gasteiger partial charge < -0.3 is 14.2 Å². The Morgan fingerprint density at radius 3 is 2.59 bits per heavy atom. The Morgan fingerprint density at radius 1 is 1.00 bits per heavy atom. The van der Waals surface area contributed by atoms with Gasteiger partial charge in [-0.1, -0.05) is 42.5 Å². The highest BCUT2D eigenvalue weighted by atomic mass is 32.1. The minimum atomic E-state index is -0.781. The van der Waals surface area contributed by atoms with Crippen molar-refractivity contribution in [3.8, 4) is 17.0 Å². The fourth-order valence-electron chi connectivity index (χ4n) is 3.11. The highest BCUT2D eigenvalue weighted by Crippen LogP contribution is 2.31. The monoisotopic (exact) mass is 414 g/mol. The number of hydrogen-bond donors (Lipinski definition) is 0. The molecule has 2 aromatic carbocycles. The van der Waals surface area contributed by atoms with E-state index in [-0.39, 0.29) is 6.61 Å². The van der Waals surface area contributed by atoms with E-state index in [2.05, 4.69) is 52.6 Å². The maximum absolute atomic E-state index is 11.8. The van der Waals surface area contributed by atoms with E-state index >= 15 is 0 Å². The van der Waals surface area contributed by atoms with Crippen LogP contribution in [-0.4, -0.2) is 42.7 Å². The summed E-state index contributed by atoms with van der Waals surface area (Å²) in [6, 6.07) is 14.6. The minimum Gasteiger partial charge on any atom is -0.491 e. The SMILES string of the molecule is CCc1ccc(-c2cn3c(n2)sc2cc(OCCOCCOCF)ccc23)cc1. The van der Waals surface area contributed by atoms with Crippen LogP contribution in [0.2, 0.25) is 0 Å². The first-order chi connectivity index (χ1) is 14.3. The lowest BCUT2D eigenvalue weighted by Gasteiger charge is -2.07. The van der Waals surface area contributed by atoms with E-state index in [0.717, 1.165) is 38.6 Å². The van der Waals surface area contributed by atoms with Gasteiger partial charge in [0.15, 0.2) is 11.8 Å². The number of alkyl halides is 1. The molecule has 0 saturated carbocycles. The predicted octanol–water partition coefficient (Wildman–Crippen LogP) is 5.12. The van der Waals surface area contributed by atoms with Crippen molar-refractivity contribution in [1.82, 2.24) is 9.38 Å². The smallest absolute Gasteiger partial charge is 0.195 e. The average molecular weight is 415 g/mol. The number of hydrogen-bond acceptors (Lipinski definition) is 5. The van der Waals surface area contributed by atoms with Gasteiger partial charge in [-0.25, -0.2) is 9.37 Å². The molecule has 2 aromatic heterocycles. The van der Waals surface area contributed by atoms with E-state index in [1.54, 1.807) is 11.3 Å². The largest absolute Gasteiger partial charge is 0.491 e. The maximum Gasteiger partial charge on any atom is 0.195 e. The lowest BCUT2D eigenvalue weighted by Crippen LogP contribution is -2.10. The van der Waals surface area contributed by atoms with Crippen molar-refractivity contribution in [3.63, 3.8) is 0 Å². The number of aryl methyl sites for hydroxylation is 1. The summed E-state index contributed by atoms with van der Waals surface area (Å²) >= 11 is 1.64. The number of ether oxygens (including phenoxy) is 3. The van der Waals surface area contributed by atoms with Crippen molar-refractivity contribution < 1.29 is 18.6 Å². The number of nitrogens with zero attached hydrogens (tertiary/aromatic N) is 2. The van der Waals surface area contributed by atoms with Crippen LogP contribution in [-0.2, 0) is 15.9 Å². The Morgan fingerprint density at radius 2 is 1.79 bits per heavy atom. The number of halogens is 1. The van der Waals surface area contributed by atoms with E-state index in [4.69, 9.17) is 14.5 Å². The molecule has 29 heavy (non-hydrogen) atoms. The molecule has 0 saturated heterocycles. The fraction of sp³-hybridized carbons (Fsp3) is 0.318.